The van der Waals surface area contributed by atoms with E-state index in [0.29, 0.717) is 20.8 Å². The summed E-state index contributed by atoms with van der Waals surface area (Å²) < 4.78 is 4.93. The van der Waals surface area contributed by atoms with Crippen molar-refractivity contribution in [2.75, 3.05) is 0 Å². The summed E-state index contributed by atoms with van der Waals surface area (Å²) in [5, 5.41) is 1.20. The zero-order chi connectivity index (χ0) is 7.30. The molecule has 0 spiro atoms. The monoisotopic (exact) mass is 194 g/mol. The molecule has 0 saturated heterocycles. The van der Waals surface area contributed by atoms with Crippen molar-refractivity contribution in [1.29, 1.82) is 0 Å². The summed E-state index contributed by atoms with van der Waals surface area (Å²) in [6.07, 6.45) is 0. The molecule has 1 aromatic carbocycles. The first-order chi connectivity index (χ1) is 4.70. The molecule has 0 atom stereocenters. The zero-order valence-electron chi connectivity index (χ0n) is 4.62. The molecule has 1 heterocycles. The van der Waals surface area contributed by atoms with Gasteiger partial charge in [0.1, 0.15) is 5.02 Å². The van der Waals surface area contributed by atoms with Crippen LogP contribution in [0.25, 0.3) is 0 Å². The van der Waals surface area contributed by atoms with Crippen LogP contribution >= 0.6 is 34.8 Å². The molecule has 0 aromatic heterocycles. The Morgan fingerprint density at radius 2 is 1.80 bits per heavy atom. The summed E-state index contributed by atoms with van der Waals surface area (Å²) in [7, 11) is 0. The van der Waals surface area contributed by atoms with Gasteiger partial charge in [-0.3, -0.25) is 0 Å². The molecule has 1 aliphatic heterocycles. The molecule has 2 rings (SSSR count). The number of halogens is 3. The van der Waals surface area contributed by atoms with Crippen LogP contribution in [0.15, 0.2) is 6.07 Å². The van der Waals surface area contributed by atoms with Crippen molar-refractivity contribution in [3.63, 3.8) is 0 Å². The predicted molar refractivity (Wildman–Crippen MR) is 41.5 cm³/mol. The van der Waals surface area contributed by atoms with Crippen molar-refractivity contribution >= 4 is 34.8 Å². The Labute approximate surface area is 72.4 Å². The van der Waals surface area contributed by atoms with Gasteiger partial charge in [0.05, 0.1) is 10.0 Å². The fourth-order valence-corrected chi connectivity index (χ4v) is 1.33. The molecule has 1 nitrogen and oxygen atoms in total. The second kappa shape index (κ2) is 1.94. The van der Waals surface area contributed by atoms with Crippen LogP contribution in [0.5, 0.6) is 11.5 Å². The van der Waals surface area contributed by atoms with Gasteiger partial charge in [0.2, 0.25) is 0 Å². The lowest BCUT2D eigenvalue weighted by Crippen LogP contribution is -1.62. The van der Waals surface area contributed by atoms with Gasteiger partial charge in [-0.2, -0.15) is 0 Å². The number of hydrogen-bond donors (Lipinski definition) is 0. The van der Waals surface area contributed by atoms with E-state index in [-0.39, 0.29) is 0 Å². The Hall–Kier alpha value is -0.110. The minimum absolute atomic E-state index is 0.361. The maximum atomic E-state index is 5.69. The minimum atomic E-state index is 0.361. The Morgan fingerprint density at radius 3 is 2.50 bits per heavy atom. The number of hydrogen-bond acceptors (Lipinski definition) is 1. The average molecular weight is 195 g/mol. The molecule has 0 N–H and O–H groups in total. The van der Waals surface area contributed by atoms with Crippen LogP contribution in [0.1, 0.15) is 0 Å². The summed E-state index contributed by atoms with van der Waals surface area (Å²) in [5.41, 5.74) is 0. The Bertz CT molecular complexity index is 305. The Balaban J connectivity index is 2.73. The van der Waals surface area contributed by atoms with Crippen molar-refractivity contribution in [3.8, 4) is 11.5 Å². The van der Waals surface area contributed by atoms with Gasteiger partial charge < -0.3 is 4.74 Å². The van der Waals surface area contributed by atoms with Crippen molar-refractivity contribution in [3.05, 3.63) is 21.1 Å². The summed E-state index contributed by atoms with van der Waals surface area (Å²) in [4.78, 5) is 0. The second-order valence-electron chi connectivity index (χ2n) is 1.92. The van der Waals surface area contributed by atoms with Crippen LogP contribution in [0, 0.1) is 0 Å². The molecular formula is C6HCl3O. The van der Waals surface area contributed by atoms with Gasteiger partial charge in [-0.25, -0.2) is 0 Å². The molecule has 1 aliphatic rings. The van der Waals surface area contributed by atoms with Gasteiger partial charge in [0, 0.05) is 6.07 Å². The summed E-state index contributed by atoms with van der Waals surface area (Å²) >= 11 is 17.0. The Kier molecular flexibility index (Phi) is 1.28. The number of rotatable bonds is 0. The molecule has 52 valence electrons. The van der Waals surface area contributed by atoms with Crippen LogP contribution in [-0.2, 0) is 0 Å². The van der Waals surface area contributed by atoms with Crippen LogP contribution in [0.4, 0.5) is 0 Å². The highest BCUT2D eigenvalue weighted by Crippen LogP contribution is 2.55. The molecule has 0 amide bonds. The summed E-state index contributed by atoms with van der Waals surface area (Å²) in [5.74, 6) is 1.37. The van der Waals surface area contributed by atoms with Gasteiger partial charge >= 0.3 is 0 Å². The van der Waals surface area contributed by atoms with Gasteiger partial charge in [-0.15, -0.1) is 0 Å². The molecule has 1 aromatic rings. The van der Waals surface area contributed by atoms with Gasteiger partial charge in [-0.05, 0) is 0 Å². The highest BCUT2D eigenvalue weighted by atomic mass is 35.5. The molecular weight excluding hydrogens is 194 g/mol. The topological polar surface area (TPSA) is 12.5 Å². The van der Waals surface area contributed by atoms with E-state index < -0.39 is 0 Å². The number of fused-ring (bicyclic) bond motifs is 1. The van der Waals surface area contributed by atoms with Crippen LogP contribution < -0.4 is 4.74 Å². The first-order valence-corrected chi connectivity index (χ1v) is 3.69. The number of ether oxygens (including phenoxy) is 1. The van der Waals surface area contributed by atoms with Crippen molar-refractivity contribution < 1.29 is 4.74 Å². The normalized spacial score (nSPS) is 12.3. The first kappa shape index (κ1) is 6.59. The third-order valence-corrected chi connectivity index (χ3v) is 2.50. The first-order valence-electron chi connectivity index (χ1n) is 2.55. The number of benzene rings is 1. The molecule has 0 radical (unpaired) electrons. The van der Waals surface area contributed by atoms with Crippen LogP contribution in [-0.4, -0.2) is 0 Å². The standard InChI is InChI=1S/C6HCl3O/c7-2-1-3-6(10-3)5(9)4(2)8/h1H. The van der Waals surface area contributed by atoms with E-state index >= 15 is 0 Å². The SMILES string of the molecule is Clc1cc2c(c(Cl)c1Cl)O2. The molecule has 4 heteroatoms. The van der Waals surface area contributed by atoms with Crippen molar-refractivity contribution in [2.45, 2.75) is 0 Å². The maximum Gasteiger partial charge on any atom is 0.190 e. The highest BCUT2D eigenvalue weighted by molar-refractivity contribution is 6.49. The minimum Gasteiger partial charge on any atom is -0.448 e. The third kappa shape index (κ3) is 0.782. The fraction of sp³-hybridized carbons (Fsp3) is 0. The molecule has 0 bridgehead atoms. The van der Waals surface area contributed by atoms with E-state index in [1.807, 2.05) is 0 Å². The maximum absolute atomic E-state index is 5.69. The molecule has 10 heavy (non-hydrogen) atoms. The van der Waals surface area contributed by atoms with Gasteiger partial charge in [0.25, 0.3) is 0 Å². The lowest BCUT2D eigenvalue weighted by atomic mass is 10.4. The highest BCUT2D eigenvalue weighted by Gasteiger charge is 2.27. The molecule has 0 fully saturated rings. The predicted octanol–water partition coefficient (Wildman–Crippen LogP) is 3.75. The van der Waals surface area contributed by atoms with Gasteiger partial charge in [-0.1, -0.05) is 34.8 Å². The second-order valence-corrected chi connectivity index (χ2v) is 3.08. The van der Waals surface area contributed by atoms with Crippen LogP contribution in [0.2, 0.25) is 15.1 Å². The largest absolute Gasteiger partial charge is 0.448 e. The van der Waals surface area contributed by atoms with E-state index in [1.165, 1.54) is 0 Å². The van der Waals surface area contributed by atoms with E-state index in [0.717, 1.165) is 5.75 Å². The average Bonchev–Trinajstić information content (AvgIpc) is 2.62. The fourth-order valence-electron chi connectivity index (χ4n) is 0.715. The molecule has 0 unspecified atom stereocenters. The zero-order valence-corrected chi connectivity index (χ0v) is 6.89. The van der Waals surface area contributed by atoms with Gasteiger partial charge in [0.15, 0.2) is 11.5 Å². The summed E-state index contributed by atoms with van der Waals surface area (Å²) in [6.45, 7) is 0. The van der Waals surface area contributed by atoms with Crippen molar-refractivity contribution in [1.82, 2.24) is 0 Å². The Morgan fingerprint density at radius 1 is 1.10 bits per heavy atom. The van der Waals surface area contributed by atoms with E-state index in [2.05, 4.69) is 0 Å². The van der Waals surface area contributed by atoms with E-state index in [9.17, 15) is 0 Å². The lowest BCUT2D eigenvalue weighted by molar-refractivity contribution is 0.650. The lowest BCUT2D eigenvalue weighted by Gasteiger charge is -1.90. The molecule has 0 saturated carbocycles. The quantitative estimate of drug-likeness (QED) is 0.461. The van der Waals surface area contributed by atoms with Crippen molar-refractivity contribution in [2.24, 2.45) is 0 Å². The smallest absolute Gasteiger partial charge is 0.190 e. The third-order valence-electron chi connectivity index (χ3n) is 1.25. The van der Waals surface area contributed by atoms with Crippen LogP contribution in [0.3, 0.4) is 0 Å². The van der Waals surface area contributed by atoms with E-state index in [4.69, 9.17) is 39.5 Å². The van der Waals surface area contributed by atoms with E-state index in [1.54, 1.807) is 6.07 Å². The molecule has 0 aliphatic carbocycles. The summed E-state index contributed by atoms with van der Waals surface area (Å²) in [6, 6.07) is 1.64.